The molecule has 4 rings (SSSR count). The van der Waals surface area contributed by atoms with Crippen LogP contribution in [0.25, 0.3) is 0 Å². The Morgan fingerprint density at radius 1 is 1.00 bits per heavy atom. The first-order valence-corrected chi connectivity index (χ1v) is 14.0. The molecule has 4 heteroatoms. The Kier molecular flexibility index (Phi) is 4.63. The van der Waals surface area contributed by atoms with Crippen LogP contribution in [0, 0.1) is 17.3 Å². The van der Waals surface area contributed by atoms with Crippen molar-refractivity contribution in [3.8, 4) is 0 Å². The first-order valence-electron chi connectivity index (χ1n) is 11.1. The molecule has 4 aliphatic rings. The van der Waals surface area contributed by atoms with Crippen molar-refractivity contribution < 1.29 is 14.0 Å². The summed E-state index contributed by atoms with van der Waals surface area (Å²) in [6, 6.07) is 0. The number of allylic oxidation sites excluding steroid dienone is 2. The number of ketones is 2. The third-order valence-electron chi connectivity index (χ3n) is 8.53. The van der Waals surface area contributed by atoms with E-state index in [1.54, 1.807) is 0 Å². The number of hydrogen-bond donors (Lipinski definition) is 0. The molecule has 27 heavy (non-hydrogen) atoms. The van der Waals surface area contributed by atoms with Crippen molar-refractivity contribution in [2.45, 2.75) is 103 Å². The molecule has 0 saturated heterocycles. The lowest BCUT2D eigenvalue weighted by molar-refractivity contribution is -0.144. The maximum Gasteiger partial charge on any atom is 0.192 e. The van der Waals surface area contributed by atoms with Gasteiger partial charge in [-0.15, -0.1) is 0 Å². The normalized spacial score (nSPS) is 37.1. The zero-order valence-electron chi connectivity index (χ0n) is 17.8. The highest BCUT2D eigenvalue weighted by atomic mass is 28.4. The van der Waals surface area contributed by atoms with Crippen LogP contribution in [0.5, 0.6) is 0 Å². The van der Waals surface area contributed by atoms with E-state index in [9.17, 15) is 9.59 Å². The molecule has 0 heterocycles. The van der Waals surface area contributed by atoms with Crippen molar-refractivity contribution >= 4 is 19.9 Å². The van der Waals surface area contributed by atoms with Crippen molar-refractivity contribution in [2.24, 2.45) is 17.3 Å². The van der Waals surface area contributed by atoms with Crippen molar-refractivity contribution in [3.05, 3.63) is 11.1 Å². The molecule has 3 saturated carbocycles. The monoisotopic (exact) mass is 388 g/mol. The van der Waals surface area contributed by atoms with Gasteiger partial charge in [0.1, 0.15) is 5.78 Å². The van der Waals surface area contributed by atoms with Crippen LogP contribution in [-0.2, 0) is 14.0 Å². The first-order chi connectivity index (χ1) is 12.6. The molecule has 1 spiro atoms. The zero-order chi connectivity index (χ0) is 19.6. The summed E-state index contributed by atoms with van der Waals surface area (Å²) in [4.78, 5) is 27.0. The largest absolute Gasteiger partial charge is 0.414 e. The van der Waals surface area contributed by atoms with Gasteiger partial charge in [0.15, 0.2) is 14.1 Å². The lowest BCUT2D eigenvalue weighted by Gasteiger charge is -2.48. The molecule has 0 aromatic rings. The summed E-state index contributed by atoms with van der Waals surface area (Å²) in [5, 5.41) is 0.144. The zero-order valence-corrected chi connectivity index (χ0v) is 18.8. The third-order valence-corrected chi connectivity index (χ3v) is 13.0. The minimum Gasteiger partial charge on any atom is -0.414 e. The van der Waals surface area contributed by atoms with Crippen molar-refractivity contribution in [1.29, 1.82) is 0 Å². The van der Waals surface area contributed by atoms with Crippen LogP contribution in [0.15, 0.2) is 11.1 Å². The number of hydrogen-bond acceptors (Lipinski definition) is 3. The molecule has 0 aliphatic heterocycles. The predicted octanol–water partition coefficient (Wildman–Crippen LogP) is 5.60. The van der Waals surface area contributed by atoms with E-state index in [0.29, 0.717) is 12.3 Å². The van der Waals surface area contributed by atoms with Gasteiger partial charge < -0.3 is 4.43 Å². The Labute approximate surface area is 165 Å². The Hall–Kier alpha value is -0.743. The minimum absolute atomic E-state index is 0.0801. The van der Waals surface area contributed by atoms with Gasteiger partial charge in [0.25, 0.3) is 0 Å². The van der Waals surface area contributed by atoms with E-state index in [1.807, 2.05) is 0 Å². The van der Waals surface area contributed by atoms with Crippen LogP contribution in [0.3, 0.4) is 0 Å². The lowest BCUT2D eigenvalue weighted by Crippen LogP contribution is -2.54. The summed E-state index contributed by atoms with van der Waals surface area (Å²) >= 11 is 0. The molecule has 0 amide bonds. The van der Waals surface area contributed by atoms with Crippen LogP contribution < -0.4 is 0 Å². The minimum atomic E-state index is -1.94. The van der Waals surface area contributed by atoms with E-state index < -0.39 is 13.7 Å². The Bertz CT molecular complexity index is 699. The fraction of sp³-hybridized carbons (Fsp3) is 0.826. The van der Waals surface area contributed by atoms with Crippen molar-refractivity contribution in [3.63, 3.8) is 0 Å². The highest BCUT2D eigenvalue weighted by molar-refractivity contribution is 6.74. The smallest absolute Gasteiger partial charge is 0.192 e. The Morgan fingerprint density at radius 3 is 2.44 bits per heavy atom. The molecule has 150 valence electrons. The molecule has 0 radical (unpaired) electrons. The summed E-state index contributed by atoms with van der Waals surface area (Å²) < 4.78 is 6.92. The van der Waals surface area contributed by atoms with Crippen LogP contribution in [0.2, 0.25) is 18.1 Å². The highest BCUT2D eigenvalue weighted by Crippen LogP contribution is 2.61. The molecule has 3 nitrogen and oxygen atoms in total. The van der Waals surface area contributed by atoms with Crippen LogP contribution in [0.1, 0.15) is 78.6 Å². The number of carbonyl (C=O) groups excluding carboxylic acids is 2. The molecular weight excluding hydrogens is 352 g/mol. The highest BCUT2D eigenvalue weighted by Gasteiger charge is 2.65. The SMILES string of the molecule is CC(C)(C)[Si](C)(C)O[C@H]1CC[C@@]23C(=O)CCCC(=C4CCCC[C@H]4[C@H]12)C3=O. The van der Waals surface area contributed by atoms with Gasteiger partial charge in [-0.2, -0.15) is 0 Å². The average Bonchev–Trinajstić information content (AvgIpc) is 2.93. The van der Waals surface area contributed by atoms with E-state index in [2.05, 4.69) is 33.9 Å². The molecule has 4 atom stereocenters. The van der Waals surface area contributed by atoms with Crippen molar-refractivity contribution in [2.75, 3.05) is 0 Å². The van der Waals surface area contributed by atoms with E-state index in [4.69, 9.17) is 4.43 Å². The van der Waals surface area contributed by atoms with Gasteiger partial charge in [-0.25, -0.2) is 0 Å². The molecule has 3 fully saturated rings. The quantitative estimate of drug-likeness (QED) is 0.457. The van der Waals surface area contributed by atoms with Gasteiger partial charge in [-0.3, -0.25) is 9.59 Å². The second kappa shape index (κ2) is 6.38. The summed E-state index contributed by atoms with van der Waals surface area (Å²) in [5.41, 5.74) is 1.74. The maximum absolute atomic E-state index is 13.7. The molecule has 0 N–H and O–H groups in total. The fourth-order valence-corrected chi connectivity index (χ4v) is 7.56. The Balaban J connectivity index is 1.79. The summed E-state index contributed by atoms with van der Waals surface area (Å²) in [5.74, 6) is 0.956. The second-order valence-electron chi connectivity index (χ2n) is 10.9. The number of rotatable bonds is 2. The van der Waals surface area contributed by atoms with Gasteiger partial charge in [-0.1, -0.05) is 32.8 Å². The topological polar surface area (TPSA) is 43.4 Å². The second-order valence-corrected chi connectivity index (χ2v) is 15.7. The molecular formula is C23H36O3Si. The van der Waals surface area contributed by atoms with Crippen LogP contribution >= 0.6 is 0 Å². The van der Waals surface area contributed by atoms with Gasteiger partial charge in [-0.05, 0) is 74.6 Å². The maximum atomic E-state index is 13.7. The third kappa shape index (κ3) is 2.77. The van der Waals surface area contributed by atoms with E-state index in [1.165, 1.54) is 18.4 Å². The molecule has 0 unspecified atom stereocenters. The summed E-state index contributed by atoms with van der Waals surface area (Å²) in [7, 11) is -1.94. The first kappa shape index (κ1) is 19.6. The van der Waals surface area contributed by atoms with Gasteiger partial charge in [0.2, 0.25) is 0 Å². The van der Waals surface area contributed by atoms with E-state index >= 15 is 0 Å². The van der Waals surface area contributed by atoms with E-state index in [-0.39, 0.29) is 28.6 Å². The van der Waals surface area contributed by atoms with Crippen molar-refractivity contribution in [1.82, 2.24) is 0 Å². The van der Waals surface area contributed by atoms with Crippen LogP contribution in [-0.4, -0.2) is 26.0 Å². The number of carbonyl (C=O) groups is 2. The fourth-order valence-electron chi connectivity index (χ4n) is 6.19. The summed E-state index contributed by atoms with van der Waals surface area (Å²) in [6.07, 6.45) is 8.59. The molecule has 2 bridgehead atoms. The van der Waals surface area contributed by atoms with E-state index in [0.717, 1.165) is 44.1 Å². The molecule has 4 aliphatic carbocycles. The van der Waals surface area contributed by atoms with Crippen LogP contribution in [0.4, 0.5) is 0 Å². The summed E-state index contributed by atoms with van der Waals surface area (Å²) in [6.45, 7) is 11.4. The Morgan fingerprint density at radius 2 is 1.74 bits per heavy atom. The molecule has 0 aromatic heterocycles. The van der Waals surface area contributed by atoms with Gasteiger partial charge >= 0.3 is 0 Å². The number of fused-ring (bicyclic) bond motifs is 3. The number of Topliss-reactive ketones (excluding diaryl/α,β-unsaturated/α-hetero) is 2. The standard InChI is InChI=1S/C23H36O3Si/c1-22(2,3)27(4,5)26-18-13-14-23-19(24)12-8-11-17(21(23)25)15-9-6-7-10-16(15)20(18)23/h16,18,20H,6-14H2,1-5H3/t16-,18+,20-,23-/m1/s1. The lowest BCUT2D eigenvalue weighted by atomic mass is 9.56. The van der Waals surface area contributed by atoms with Gasteiger partial charge in [0, 0.05) is 18.4 Å². The van der Waals surface area contributed by atoms with Gasteiger partial charge in [0.05, 0.1) is 5.41 Å². The molecule has 0 aromatic carbocycles. The average molecular weight is 389 g/mol. The predicted molar refractivity (Wildman–Crippen MR) is 110 cm³/mol.